The van der Waals surface area contributed by atoms with Crippen LogP contribution in [-0.2, 0) is 36.9 Å². The Hall–Kier alpha value is -4.20. The molecule has 1 amide bonds. The number of amides is 1. The predicted molar refractivity (Wildman–Crippen MR) is 196 cm³/mol. The van der Waals surface area contributed by atoms with E-state index >= 15 is 4.39 Å². The third-order valence-corrected chi connectivity index (χ3v) is 12.0. The van der Waals surface area contributed by atoms with Gasteiger partial charge in [0.15, 0.2) is 5.65 Å². The number of halogens is 2. The fourth-order valence-corrected chi connectivity index (χ4v) is 8.35. The van der Waals surface area contributed by atoms with Crippen LogP contribution in [-0.4, -0.2) is 69.0 Å². The Morgan fingerprint density at radius 2 is 1.86 bits per heavy atom. The number of hydrogen-bond donors (Lipinski definition) is 1. The van der Waals surface area contributed by atoms with Crippen molar-refractivity contribution in [1.29, 1.82) is 0 Å². The molecule has 0 radical (unpaired) electrons. The van der Waals surface area contributed by atoms with Crippen molar-refractivity contribution in [3.63, 3.8) is 0 Å². The summed E-state index contributed by atoms with van der Waals surface area (Å²) in [5, 5.41) is 8.94. The van der Waals surface area contributed by atoms with E-state index in [0.717, 1.165) is 22.5 Å². The fraction of sp³-hybridized carbons (Fsp3) is 0.444. The normalized spacial score (nSPS) is 20.6. The number of rotatable bonds is 10. The van der Waals surface area contributed by atoms with Crippen molar-refractivity contribution in [3.05, 3.63) is 75.8 Å². The van der Waals surface area contributed by atoms with E-state index in [1.165, 1.54) is 4.57 Å². The molecule has 0 spiro atoms. The lowest BCUT2D eigenvalue weighted by Gasteiger charge is -2.42. The van der Waals surface area contributed by atoms with Crippen molar-refractivity contribution in [2.75, 3.05) is 11.5 Å². The van der Waals surface area contributed by atoms with Crippen LogP contribution in [0.15, 0.2) is 59.7 Å². The summed E-state index contributed by atoms with van der Waals surface area (Å²) >= 11 is 6.98. The maximum Gasteiger partial charge on any atom is 0.407 e. The van der Waals surface area contributed by atoms with Gasteiger partial charge in [-0.15, -0.1) is 0 Å². The molecule has 2 saturated heterocycles. The first-order valence-electron chi connectivity index (χ1n) is 17.1. The minimum atomic E-state index is -1.39. The molecule has 14 heteroatoms. The van der Waals surface area contributed by atoms with Crippen LogP contribution in [0.4, 0.5) is 15.1 Å². The molecule has 2 aromatic carbocycles. The molecule has 0 saturated carbocycles. The van der Waals surface area contributed by atoms with Gasteiger partial charge in [0.05, 0.1) is 28.0 Å². The van der Waals surface area contributed by atoms with Crippen LogP contribution >= 0.6 is 11.6 Å². The molecule has 0 unspecified atom stereocenters. The summed E-state index contributed by atoms with van der Waals surface area (Å²) in [4.78, 5) is 34.1. The Morgan fingerprint density at radius 3 is 2.62 bits per heavy atom. The predicted octanol–water partition coefficient (Wildman–Crippen LogP) is 6.63. The fourth-order valence-electron chi connectivity index (χ4n) is 7.28. The molecule has 7 rings (SSSR count). The van der Waals surface area contributed by atoms with Crippen molar-refractivity contribution < 1.29 is 18.7 Å². The number of ether oxygens (including phenoxy) is 2. The number of benzene rings is 2. The first-order valence-corrected chi connectivity index (χ1v) is 21.2. The second kappa shape index (κ2) is 13.5. The zero-order valence-corrected chi connectivity index (χ0v) is 30.8. The highest BCUT2D eigenvalue weighted by Crippen LogP contribution is 2.42. The first kappa shape index (κ1) is 34.3. The van der Waals surface area contributed by atoms with Crippen LogP contribution < -0.4 is 15.8 Å². The summed E-state index contributed by atoms with van der Waals surface area (Å²) in [5.74, 6) is 0.393. The maximum atomic E-state index is 16.3. The second-order valence-corrected chi connectivity index (χ2v) is 20.7. The summed E-state index contributed by atoms with van der Waals surface area (Å²) in [6, 6.07) is 12.7. The van der Waals surface area contributed by atoms with Gasteiger partial charge in [0.25, 0.3) is 5.56 Å². The molecule has 5 heterocycles. The zero-order chi connectivity index (χ0) is 35.3. The van der Waals surface area contributed by atoms with Crippen molar-refractivity contribution in [3.8, 4) is 11.1 Å². The average molecular weight is 720 g/mol. The molecule has 5 aromatic rings. The topological polar surface area (TPSA) is 108 Å². The molecule has 11 nitrogen and oxygen atoms in total. The van der Waals surface area contributed by atoms with Gasteiger partial charge in [-0.2, -0.15) is 10.1 Å². The molecule has 50 heavy (non-hydrogen) atoms. The van der Waals surface area contributed by atoms with Crippen LogP contribution in [0.5, 0.6) is 0 Å². The van der Waals surface area contributed by atoms with Crippen LogP contribution in [0.25, 0.3) is 33.1 Å². The van der Waals surface area contributed by atoms with E-state index in [1.54, 1.807) is 11.7 Å². The summed E-state index contributed by atoms with van der Waals surface area (Å²) in [5.41, 5.74) is 3.14. The highest BCUT2D eigenvalue weighted by molar-refractivity contribution is 6.76. The molecule has 1 N–H and O–H groups in total. The molecular formula is C36H43ClFN7O4Si. The molecule has 0 aliphatic carbocycles. The van der Waals surface area contributed by atoms with E-state index in [1.807, 2.05) is 71.4 Å². The third kappa shape index (κ3) is 6.53. The van der Waals surface area contributed by atoms with Crippen molar-refractivity contribution in [2.45, 2.75) is 82.6 Å². The van der Waals surface area contributed by atoms with Crippen LogP contribution in [0, 0.1) is 0 Å². The Labute approximate surface area is 295 Å². The van der Waals surface area contributed by atoms with Gasteiger partial charge < -0.3 is 24.3 Å². The molecule has 2 aliphatic rings. The molecule has 2 aliphatic heterocycles. The number of aryl methyl sites for hydroxylation is 1. The number of carbonyl (C=O) groups excluding carboxylic acids is 1. The van der Waals surface area contributed by atoms with E-state index in [0.29, 0.717) is 59.0 Å². The van der Waals surface area contributed by atoms with Crippen molar-refractivity contribution >= 4 is 53.7 Å². The first-order chi connectivity index (χ1) is 23.9. The smallest absolute Gasteiger partial charge is 0.407 e. The van der Waals surface area contributed by atoms with E-state index < -0.39 is 32.4 Å². The number of alkyl halides is 1. The van der Waals surface area contributed by atoms with E-state index in [9.17, 15) is 9.59 Å². The van der Waals surface area contributed by atoms with Crippen molar-refractivity contribution in [1.82, 2.24) is 29.2 Å². The number of hydrogen-bond acceptors (Lipinski definition) is 7. The van der Waals surface area contributed by atoms with E-state index in [4.69, 9.17) is 26.1 Å². The molecule has 3 aromatic heterocycles. The Morgan fingerprint density at radius 1 is 1.08 bits per heavy atom. The average Bonchev–Trinajstić information content (AvgIpc) is 3.75. The SMILES string of the molecule is Cn1cc2c(Cl)c(-c3cn(COCC[Si](C)(C)C)c4nc(N5[C@H]6CC[C@@H]5[C@@H](F)[C@H](NC(=O)OCc5ccccc5)C6)n(C)c(=O)c34)ccc2n1. The lowest BCUT2D eigenvalue weighted by atomic mass is 9.95. The molecule has 4 atom stereocenters. The van der Waals surface area contributed by atoms with Crippen LogP contribution in [0.1, 0.15) is 24.8 Å². The van der Waals surface area contributed by atoms with Gasteiger partial charge in [-0.1, -0.05) is 67.6 Å². The molecular weight excluding hydrogens is 677 g/mol. The van der Waals surface area contributed by atoms with Gasteiger partial charge in [-0.25, -0.2) is 9.18 Å². The number of aromatic nitrogens is 5. The monoisotopic (exact) mass is 719 g/mol. The maximum absolute atomic E-state index is 16.3. The van der Waals surface area contributed by atoms with Gasteiger partial charge in [0.2, 0.25) is 5.95 Å². The van der Waals surface area contributed by atoms with E-state index in [2.05, 4.69) is 30.1 Å². The van der Waals surface area contributed by atoms with Gasteiger partial charge >= 0.3 is 6.09 Å². The van der Waals surface area contributed by atoms with Crippen LogP contribution in [0.3, 0.4) is 0 Å². The minimum absolute atomic E-state index is 0.103. The number of nitrogens with one attached hydrogen (secondary N) is 1. The van der Waals surface area contributed by atoms with Crippen molar-refractivity contribution in [2.24, 2.45) is 14.1 Å². The quantitative estimate of drug-likeness (QED) is 0.128. The number of carbonyl (C=O) groups is 1. The number of nitrogens with zero attached hydrogens (tertiary/aromatic N) is 6. The highest BCUT2D eigenvalue weighted by Gasteiger charge is 2.50. The summed E-state index contributed by atoms with van der Waals surface area (Å²) < 4.78 is 32.9. The molecule has 264 valence electrons. The zero-order valence-electron chi connectivity index (χ0n) is 29.0. The lowest BCUT2D eigenvalue weighted by molar-refractivity contribution is 0.0899. The second-order valence-electron chi connectivity index (χ2n) is 14.7. The lowest BCUT2D eigenvalue weighted by Crippen LogP contribution is -2.59. The third-order valence-electron chi connectivity index (χ3n) is 9.90. The number of alkyl carbamates (subject to hydrolysis) is 1. The van der Waals surface area contributed by atoms with Gasteiger partial charge in [-0.05, 0) is 36.9 Å². The summed E-state index contributed by atoms with van der Waals surface area (Å²) in [7, 11) is 2.19. The largest absolute Gasteiger partial charge is 0.445 e. The van der Waals surface area contributed by atoms with Gasteiger partial charge in [0.1, 0.15) is 19.5 Å². The summed E-state index contributed by atoms with van der Waals surface area (Å²) in [6.45, 7) is 7.79. The standard InChI is InChI=1S/C36H43ClFN7O4Si/c1-42-18-26-27(41-42)13-12-24(31(26)37)25-19-44(21-48-15-16-50(3,4)5)33-30(25)34(46)43(2)35(40-33)45-23-11-14-29(45)32(38)28(17-23)39-36(47)49-20-22-9-7-6-8-10-22/h6-10,12-13,18-19,23,28-29,32H,11,14-17,20-21H2,1-5H3,(H,39,47)/t23-,28+,29+,32-/m0/s1. The van der Waals surface area contributed by atoms with Gasteiger partial charge in [-0.3, -0.25) is 14.0 Å². The Balaban J connectivity index is 1.21. The van der Waals surface area contributed by atoms with Gasteiger partial charge in [0, 0.05) is 63.7 Å². The van der Waals surface area contributed by atoms with E-state index in [-0.39, 0.29) is 24.9 Å². The number of anilines is 1. The number of fused-ring (bicyclic) bond motifs is 4. The molecule has 2 fully saturated rings. The highest BCUT2D eigenvalue weighted by atomic mass is 35.5. The minimum Gasteiger partial charge on any atom is -0.445 e. The molecule has 2 bridgehead atoms. The Kier molecular flexibility index (Phi) is 9.25. The Bertz CT molecular complexity index is 2110. The summed E-state index contributed by atoms with van der Waals surface area (Å²) in [6.07, 6.45) is 3.35. The van der Waals surface area contributed by atoms with Crippen LogP contribution in [0.2, 0.25) is 30.7 Å². The number of piperidine rings is 1.